The van der Waals surface area contributed by atoms with E-state index >= 15 is 0 Å². The topological polar surface area (TPSA) is 76.5 Å². The molecule has 4 aliphatic rings. The third kappa shape index (κ3) is 8.66. The average Bonchev–Trinajstić information content (AvgIpc) is 3.64. The number of hydrogen-bond donors (Lipinski definition) is 1. The van der Waals surface area contributed by atoms with Gasteiger partial charge in [0.05, 0.1) is 28.5 Å². The lowest BCUT2D eigenvalue weighted by atomic mass is 9.66. The van der Waals surface area contributed by atoms with Gasteiger partial charge in [0.1, 0.15) is 0 Å². The minimum Gasteiger partial charge on any atom is -0.384 e. The van der Waals surface area contributed by atoms with Gasteiger partial charge in [-0.3, -0.25) is 24.9 Å². The molecule has 3 aliphatic carbocycles. The second-order valence-corrected chi connectivity index (χ2v) is 22.9. The van der Waals surface area contributed by atoms with Crippen molar-refractivity contribution in [3.8, 4) is 89.3 Å². The lowest BCUT2D eigenvalue weighted by Crippen LogP contribution is -2.38. The number of dihydropyridines is 1. The van der Waals surface area contributed by atoms with E-state index in [1.807, 2.05) is 24.5 Å². The fourth-order valence-electron chi connectivity index (χ4n) is 14.4. The zero-order chi connectivity index (χ0) is 55.3. The van der Waals surface area contributed by atoms with Crippen molar-refractivity contribution in [1.29, 1.82) is 0 Å². The van der Waals surface area contributed by atoms with Gasteiger partial charge >= 0.3 is 0 Å². The van der Waals surface area contributed by atoms with E-state index in [9.17, 15) is 0 Å². The van der Waals surface area contributed by atoms with E-state index in [4.69, 9.17) is 24.9 Å². The summed E-state index contributed by atoms with van der Waals surface area (Å²) in [6.07, 6.45) is 28.8. The molecule has 0 saturated carbocycles. The van der Waals surface area contributed by atoms with Crippen LogP contribution in [-0.2, 0) is 30.1 Å². The monoisotopic (exact) mass is 1050 g/mol. The van der Waals surface area contributed by atoms with Crippen LogP contribution in [0.2, 0.25) is 0 Å². The molecule has 0 amide bonds. The van der Waals surface area contributed by atoms with Gasteiger partial charge < -0.3 is 5.32 Å². The third-order valence-electron chi connectivity index (χ3n) is 18.6. The smallest absolute Gasteiger partial charge is 0.0758 e. The Kier molecular flexibility index (Phi) is 13.4. The maximum atomic E-state index is 5.35. The molecule has 3 atom stereocenters. The van der Waals surface area contributed by atoms with Gasteiger partial charge in [0.15, 0.2) is 0 Å². The van der Waals surface area contributed by atoms with E-state index in [2.05, 4.69) is 216 Å². The molecule has 6 heteroatoms. The van der Waals surface area contributed by atoms with Gasteiger partial charge in [0.25, 0.3) is 0 Å². The van der Waals surface area contributed by atoms with Crippen molar-refractivity contribution in [2.45, 2.75) is 89.4 Å². The molecule has 13 rings (SSSR count). The van der Waals surface area contributed by atoms with Crippen LogP contribution in [0.4, 0.5) is 0 Å². The Morgan fingerprint density at radius 2 is 0.901 bits per heavy atom. The first-order valence-corrected chi connectivity index (χ1v) is 29.1. The van der Waals surface area contributed by atoms with E-state index in [0.717, 1.165) is 171 Å². The summed E-state index contributed by atoms with van der Waals surface area (Å²) >= 11 is 0. The van der Waals surface area contributed by atoms with Gasteiger partial charge in [-0.05, 0) is 179 Å². The number of benzene rings is 4. The van der Waals surface area contributed by atoms with Gasteiger partial charge in [-0.25, -0.2) is 0 Å². The summed E-state index contributed by atoms with van der Waals surface area (Å²) in [6, 6.07) is 49.5. The quantitative estimate of drug-likeness (QED) is 0.103. The van der Waals surface area contributed by atoms with Crippen LogP contribution in [0.25, 0.3) is 94.8 Å². The highest BCUT2D eigenvalue weighted by molar-refractivity contribution is 5.95. The number of pyridine rings is 5. The van der Waals surface area contributed by atoms with Crippen LogP contribution in [0.1, 0.15) is 93.1 Å². The molecule has 9 aromatic rings. The molecule has 81 heavy (non-hydrogen) atoms. The first kappa shape index (κ1) is 51.6. The van der Waals surface area contributed by atoms with Gasteiger partial charge in [-0.15, -0.1) is 19.7 Å². The molecule has 4 aromatic carbocycles. The average molecular weight is 1050 g/mol. The van der Waals surface area contributed by atoms with Crippen molar-refractivity contribution < 1.29 is 0 Å². The van der Waals surface area contributed by atoms with E-state index in [1.54, 1.807) is 0 Å². The zero-order valence-electron chi connectivity index (χ0n) is 46.9. The normalized spacial score (nSPS) is 19.2. The van der Waals surface area contributed by atoms with Crippen molar-refractivity contribution in [2.75, 3.05) is 6.54 Å². The first-order chi connectivity index (χ1) is 39.8. The van der Waals surface area contributed by atoms with Crippen LogP contribution in [0.15, 0.2) is 220 Å². The van der Waals surface area contributed by atoms with Gasteiger partial charge in [0.2, 0.25) is 0 Å². The molecule has 0 saturated heterocycles. The van der Waals surface area contributed by atoms with Crippen molar-refractivity contribution in [1.82, 2.24) is 30.2 Å². The maximum Gasteiger partial charge on any atom is 0.0758 e. The predicted molar refractivity (Wildman–Crippen MR) is 335 cm³/mol. The number of nitrogens with zero attached hydrogens (tertiary/aromatic N) is 5. The summed E-state index contributed by atoms with van der Waals surface area (Å²) in [7, 11) is 0. The summed E-state index contributed by atoms with van der Waals surface area (Å²) < 4.78 is 0. The van der Waals surface area contributed by atoms with Crippen LogP contribution in [0.5, 0.6) is 0 Å². The Labute approximate surface area is 478 Å². The SMILES string of the molecule is C=CCC1(CC)Cc2cc(-c3ccccc3-c3cc(-c4ccccc4-c4cnc5c(c4)CC(CC)(CC=C)c4ncccc4-5)cc(-c4ccccc4-c4cnc5c(c4)C(CC)(CC=C)Cc4ncccc4-5)c3)cnc2C2=C1NCC=C2. The summed E-state index contributed by atoms with van der Waals surface area (Å²) in [4.78, 5) is 25.9. The highest BCUT2D eigenvalue weighted by Crippen LogP contribution is 2.52. The van der Waals surface area contributed by atoms with Crippen LogP contribution < -0.4 is 5.32 Å². The molecule has 0 spiro atoms. The maximum absolute atomic E-state index is 5.35. The number of rotatable bonds is 15. The fraction of sp³-hybridized carbons (Fsp3) is 0.213. The van der Waals surface area contributed by atoms with Crippen LogP contribution in [-0.4, -0.2) is 31.5 Å². The van der Waals surface area contributed by atoms with Crippen molar-refractivity contribution in [2.24, 2.45) is 5.41 Å². The Morgan fingerprint density at radius 1 is 0.444 bits per heavy atom. The number of allylic oxidation sites excluding steroid dienone is 6. The molecule has 398 valence electrons. The van der Waals surface area contributed by atoms with Gasteiger partial charge in [0, 0.05) is 99.3 Å². The highest BCUT2D eigenvalue weighted by Gasteiger charge is 2.42. The third-order valence-corrected chi connectivity index (χ3v) is 18.6. The number of aromatic nitrogens is 5. The summed E-state index contributed by atoms with van der Waals surface area (Å²) in [5.74, 6) is 0. The Bertz CT molecular complexity index is 4070. The van der Waals surface area contributed by atoms with Crippen LogP contribution in [0.3, 0.4) is 0 Å². The van der Waals surface area contributed by atoms with Gasteiger partial charge in [-0.2, -0.15) is 0 Å². The summed E-state index contributed by atoms with van der Waals surface area (Å²) in [6.45, 7) is 20.4. The van der Waals surface area contributed by atoms with Crippen LogP contribution in [0, 0.1) is 5.41 Å². The first-order valence-electron chi connectivity index (χ1n) is 29.1. The molecule has 0 radical (unpaired) electrons. The molecular formula is C75H68N6. The largest absolute Gasteiger partial charge is 0.384 e. The molecule has 1 aliphatic heterocycles. The van der Waals surface area contributed by atoms with Gasteiger partial charge in [-0.1, -0.05) is 124 Å². The predicted octanol–water partition coefficient (Wildman–Crippen LogP) is 18.0. The molecular weight excluding hydrogens is 985 g/mol. The minimum absolute atomic E-state index is 0.0718. The standard InChI is InChI=1S/C75H68N6/c1-7-31-73(10-4)45-67-63(28-19-34-76-67)70-66(73)42-56(48-81-70)62-27-18-15-24-59(62)51-38-49(57-22-13-16-25-60(57)54-40-52-43-74(11-5,32-8-2)71-64(29-20-35-77-71)68(52)79-46-54)37-50(39-51)58-23-14-17-26-61(58)55-41-53-44-75(12-6,33-9-3)72-65(30-21-36-78-72)69(53)80-47-55/h7-9,13-30,34-35,37-42,46-48,78H,1-3,10-12,31-33,36,43-45H2,4-6H3. The van der Waals surface area contributed by atoms with E-state index in [-0.39, 0.29) is 16.2 Å². The Hall–Kier alpha value is -8.87. The molecule has 0 bridgehead atoms. The lowest BCUT2D eigenvalue weighted by Gasteiger charge is -2.41. The number of hydrogen-bond acceptors (Lipinski definition) is 6. The molecule has 5 aromatic heterocycles. The van der Waals surface area contributed by atoms with Crippen LogP contribution >= 0.6 is 0 Å². The zero-order valence-corrected chi connectivity index (χ0v) is 46.9. The Balaban J connectivity index is 0.996. The Morgan fingerprint density at radius 3 is 1.47 bits per heavy atom. The fourth-order valence-corrected chi connectivity index (χ4v) is 14.4. The number of fused-ring (bicyclic) bond motifs is 8. The lowest BCUT2D eigenvalue weighted by molar-refractivity contribution is 0.317. The molecule has 6 heterocycles. The highest BCUT2D eigenvalue weighted by atomic mass is 14.9. The molecule has 0 fully saturated rings. The molecule has 3 unspecified atom stereocenters. The summed E-state index contributed by atoms with van der Waals surface area (Å²) in [5.41, 5.74) is 26.9. The molecule has 6 nitrogen and oxygen atoms in total. The van der Waals surface area contributed by atoms with Crippen molar-refractivity contribution in [3.05, 3.63) is 254 Å². The summed E-state index contributed by atoms with van der Waals surface area (Å²) in [5, 5.41) is 3.77. The number of nitrogens with one attached hydrogen (secondary N) is 1. The second kappa shape index (κ2) is 21.0. The van der Waals surface area contributed by atoms with Crippen molar-refractivity contribution >= 4 is 5.57 Å². The van der Waals surface area contributed by atoms with E-state index < -0.39 is 0 Å². The second-order valence-electron chi connectivity index (χ2n) is 22.9. The minimum atomic E-state index is -0.176. The van der Waals surface area contributed by atoms with E-state index in [1.165, 1.54) is 28.0 Å². The molecule has 1 N–H and O–H groups in total. The van der Waals surface area contributed by atoms with Crippen molar-refractivity contribution in [3.63, 3.8) is 0 Å². The van der Waals surface area contributed by atoms with E-state index in [0.29, 0.717) is 0 Å².